The van der Waals surface area contributed by atoms with Crippen LogP contribution in [0.4, 0.5) is 13.2 Å². The summed E-state index contributed by atoms with van der Waals surface area (Å²) in [6.07, 6.45) is -3.88. The number of rotatable bonds is 7. The highest BCUT2D eigenvalue weighted by atomic mass is 19.4. The third-order valence-corrected chi connectivity index (χ3v) is 2.73. The Kier molecular flexibility index (Phi) is 6.48. The van der Waals surface area contributed by atoms with Crippen molar-refractivity contribution in [3.05, 3.63) is 29.8 Å². The number of halogens is 3. The Balaban J connectivity index is 2.90. The van der Waals surface area contributed by atoms with Crippen LogP contribution in [0.5, 0.6) is 5.75 Å². The quantitative estimate of drug-likeness (QED) is 0.786. The Bertz CT molecular complexity index is 463. The van der Waals surface area contributed by atoms with Gasteiger partial charge in [-0.2, -0.15) is 0 Å². The zero-order chi connectivity index (χ0) is 15.9. The number of hydrogen-bond donors (Lipinski definition) is 1. The van der Waals surface area contributed by atoms with Crippen molar-refractivity contribution in [2.75, 3.05) is 13.7 Å². The number of esters is 1. The van der Waals surface area contributed by atoms with Crippen LogP contribution in [-0.2, 0) is 9.53 Å². The second-order valence-electron chi connectivity index (χ2n) is 4.41. The van der Waals surface area contributed by atoms with Crippen molar-refractivity contribution in [1.29, 1.82) is 0 Å². The zero-order valence-electron chi connectivity index (χ0n) is 11.9. The zero-order valence-corrected chi connectivity index (χ0v) is 11.9. The molecule has 0 aromatic heterocycles. The molecule has 1 rings (SSSR count). The van der Waals surface area contributed by atoms with E-state index in [0.29, 0.717) is 12.1 Å². The van der Waals surface area contributed by atoms with Crippen molar-refractivity contribution in [2.24, 2.45) is 0 Å². The first kappa shape index (κ1) is 17.3. The van der Waals surface area contributed by atoms with Gasteiger partial charge >= 0.3 is 12.3 Å². The summed E-state index contributed by atoms with van der Waals surface area (Å²) in [6, 6.07) is 5.15. The Morgan fingerprint density at radius 2 is 2.10 bits per heavy atom. The van der Waals surface area contributed by atoms with Crippen LogP contribution in [0.3, 0.4) is 0 Å². The molecule has 1 aromatic carbocycles. The second-order valence-corrected chi connectivity index (χ2v) is 4.41. The predicted molar refractivity (Wildman–Crippen MR) is 70.8 cm³/mol. The topological polar surface area (TPSA) is 47.6 Å². The van der Waals surface area contributed by atoms with Gasteiger partial charge in [-0.05, 0) is 30.7 Å². The van der Waals surface area contributed by atoms with Gasteiger partial charge < -0.3 is 14.8 Å². The number of carbonyl (C=O) groups excluding carboxylic acids is 1. The Morgan fingerprint density at radius 1 is 1.38 bits per heavy atom. The second kappa shape index (κ2) is 7.87. The van der Waals surface area contributed by atoms with E-state index in [4.69, 9.17) is 0 Å². The molecule has 0 aliphatic carbocycles. The number of hydrogen-bond acceptors (Lipinski definition) is 4. The third kappa shape index (κ3) is 6.48. The average Bonchev–Trinajstić information content (AvgIpc) is 2.41. The highest BCUT2D eigenvalue weighted by Gasteiger charge is 2.31. The van der Waals surface area contributed by atoms with Crippen molar-refractivity contribution >= 4 is 5.97 Å². The lowest BCUT2D eigenvalue weighted by Gasteiger charge is -2.19. The molecule has 0 aliphatic rings. The van der Waals surface area contributed by atoms with Crippen LogP contribution in [0.1, 0.15) is 31.4 Å². The molecule has 4 nitrogen and oxygen atoms in total. The summed E-state index contributed by atoms with van der Waals surface area (Å²) in [6.45, 7) is 2.58. The molecule has 0 fully saturated rings. The summed E-state index contributed by atoms with van der Waals surface area (Å²) in [5.41, 5.74) is 0.538. The van der Waals surface area contributed by atoms with Crippen molar-refractivity contribution in [3.8, 4) is 5.75 Å². The van der Waals surface area contributed by atoms with Crippen molar-refractivity contribution < 1.29 is 27.4 Å². The molecule has 0 spiro atoms. The van der Waals surface area contributed by atoms with E-state index in [-0.39, 0.29) is 12.2 Å². The molecule has 118 valence electrons. The summed E-state index contributed by atoms with van der Waals surface area (Å²) < 4.78 is 45.2. The Morgan fingerprint density at radius 3 is 2.67 bits per heavy atom. The minimum absolute atomic E-state index is 0.0337. The van der Waals surface area contributed by atoms with Gasteiger partial charge in [0.05, 0.1) is 13.5 Å². The Labute approximate surface area is 121 Å². The van der Waals surface area contributed by atoms with E-state index in [1.54, 1.807) is 6.07 Å². The molecule has 0 saturated carbocycles. The minimum Gasteiger partial charge on any atom is -0.469 e. The molecular weight excluding hydrogens is 287 g/mol. The molecule has 1 unspecified atom stereocenters. The summed E-state index contributed by atoms with van der Waals surface area (Å²) in [5.74, 6) is -0.751. The molecule has 0 radical (unpaired) electrons. The van der Waals surface area contributed by atoms with Crippen LogP contribution in [0.2, 0.25) is 0 Å². The molecule has 1 aromatic rings. The molecule has 0 amide bonds. The van der Waals surface area contributed by atoms with Crippen molar-refractivity contribution in [3.63, 3.8) is 0 Å². The van der Waals surface area contributed by atoms with E-state index in [1.165, 1.54) is 25.3 Å². The first-order valence-corrected chi connectivity index (χ1v) is 6.51. The fraction of sp³-hybridized carbons (Fsp3) is 0.500. The highest BCUT2D eigenvalue weighted by Crippen LogP contribution is 2.26. The largest absolute Gasteiger partial charge is 0.573 e. The van der Waals surface area contributed by atoms with Crippen LogP contribution in [0.15, 0.2) is 24.3 Å². The van der Waals surface area contributed by atoms with Gasteiger partial charge in [-0.3, -0.25) is 4.79 Å². The molecule has 7 heteroatoms. The fourth-order valence-corrected chi connectivity index (χ4v) is 1.80. The number of alkyl halides is 3. The smallest absolute Gasteiger partial charge is 0.469 e. The van der Waals surface area contributed by atoms with E-state index in [2.05, 4.69) is 14.8 Å². The lowest BCUT2D eigenvalue weighted by atomic mass is 10.0. The number of methoxy groups -OCH3 is 1. The SMILES string of the molecule is CCCNC(CC(=O)OC)c1cccc(OC(F)(F)F)c1. The van der Waals surface area contributed by atoms with Gasteiger partial charge in [0.15, 0.2) is 0 Å². The van der Waals surface area contributed by atoms with E-state index in [9.17, 15) is 18.0 Å². The molecule has 0 saturated heterocycles. The van der Waals surface area contributed by atoms with Gasteiger partial charge in [0, 0.05) is 6.04 Å². The molecule has 1 atom stereocenters. The standard InChI is InChI=1S/C14H18F3NO3/c1-3-7-18-12(9-13(19)20-2)10-5-4-6-11(8-10)21-14(15,16)17/h4-6,8,12,18H,3,7,9H2,1-2H3. The van der Waals surface area contributed by atoms with E-state index in [0.717, 1.165) is 6.42 Å². The van der Waals surface area contributed by atoms with Gasteiger partial charge in [0.2, 0.25) is 0 Å². The lowest BCUT2D eigenvalue weighted by molar-refractivity contribution is -0.274. The predicted octanol–water partition coefficient (Wildman–Crippen LogP) is 3.19. The normalized spacial score (nSPS) is 12.8. The average molecular weight is 305 g/mol. The fourth-order valence-electron chi connectivity index (χ4n) is 1.80. The molecular formula is C14H18F3NO3. The van der Waals surface area contributed by atoms with Gasteiger partial charge in [-0.1, -0.05) is 19.1 Å². The maximum atomic E-state index is 12.2. The summed E-state index contributed by atoms with van der Waals surface area (Å²) >= 11 is 0. The molecule has 0 aliphatic heterocycles. The van der Waals surface area contributed by atoms with Gasteiger partial charge in [-0.15, -0.1) is 13.2 Å². The minimum atomic E-state index is -4.74. The maximum absolute atomic E-state index is 12.2. The monoisotopic (exact) mass is 305 g/mol. The van der Waals surface area contributed by atoms with Gasteiger partial charge in [0.25, 0.3) is 0 Å². The molecule has 0 heterocycles. The van der Waals surface area contributed by atoms with Crippen LogP contribution in [0, 0.1) is 0 Å². The van der Waals surface area contributed by atoms with E-state index < -0.39 is 18.4 Å². The van der Waals surface area contributed by atoms with Crippen LogP contribution >= 0.6 is 0 Å². The first-order chi connectivity index (χ1) is 9.85. The number of nitrogens with one attached hydrogen (secondary N) is 1. The van der Waals surface area contributed by atoms with Crippen molar-refractivity contribution in [1.82, 2.24) is 5.32 Å². The summed E-state index contributed by atoms with van der Waals surface area (Å²) in [7, 11) is 1.27. The maximum Gasteiger partial charge on any atom is 0.573 e. The molecule has 1 N–H and O–H groups in total. The van der Waals surface area contributed by atoms with Crippen LogP contribution in [-0.4, -0.2) is 26.0 Å². The van der Waals surface area contributed by atoms with Gasteiger partial charge in [0.1, 0.15) is 5.75 Å². The third-order valence-electron chi connectivity index (χ3n) is 2.73. The van der Waals surface area contributed by atoms with E-state index >= 15 is 0 Å². The number of benzene rings is 1. The first-order valence-electron chi connectivity index (χ1n) is 6.51. The lowest BCUT2D eigenvalue weighted by Crippen LogP contribution is -2.25. The van der Waals surface area contributed by atoms with Crippen molar-refractivity contribution in [2.45, 2.75) is 32.2 Å². The molecule has 21 heavy (non-hydrogen) atoms. The Hall–Kier alpha value is -1.76. The molecule has 0 bridgehead atoms. The number of ether oxygens (including phenoxy) is 2. The van der Waals surface area contributed by atoms with Crippen LogP contribution < -0.4 is 10.1 Å². The summed E-state index contributed by atoms with van der Waals surface area (Å²) in [5, 5.41) is 3.10. The van der Waals surface area contributed by atoms with E-state index in [1.807, 2.05) is 6.92 Å². The number of carbonyl (C=O) groups is 1. The van der Waals surface area contributed by atoms with Gasteiger partial charge in [-0.25, -0.2) is 0 Å². The summed E-state index contributed by atoms with van der Waals surface area (Å²) in [4.78, 5) is 11.4. The van der Waals surface area contributed by atoms with Crippen LogP contribution in [0.25, 0.3) is 0 Å². The highest BCUT2D eigenvalue weighted by molar-refractivity contribution is 5.70.